The number of pyridine rings is 1. The number of hydrogen-bond donors (Lipinski definition) is 2. The summed E-state index contributed by atoms with van der Waals surface area (Å²) in [6, 6.07) is 2.92. The van der Waals surface area contributed by atoms with E-state index in [1.165, 1.54) is 18.0 Å². The number of rotatable bonds is 2. The Morgan fingerprint density at radius 1 is 1.57 bits per heavy atom. The molecule has 2 heterocycles. The predicted molar refractivity (Wildman–Crippen MR) is 55.4 cm³/mol. The maximum absolute atomic E-state index is 12.6. The molecule has 1 atom stereocenters. The van der Waals surface area contributed by atoms with Crippen molar-refractivity contribution in [3.8, 4) is 0 Å². The quantitative estimate of drug-likeness (QED) is 0.731. The van der Waals surface area contributed by atoms with Crippen LogP contribution in [0.2, 0.25) is 0 Å². The highest BCUT2D eigenvalue weighted by Gasteiger charge is 2.25. The van der Waals surface area contributed by atoms with Gasteiger partial charge in [-0.05, 0) is 31.0 Å². The molecule has 74 valence electrons. The molecule has 0 amide bonds. The van der Waals surface area contributed by atoms with Crippen molar-refractivity contribution in [3.05, 3.63) is 24.1 Å². The first-order valence-electron chi connectivity index (χ1n) is 4.04. The third-order valence-electron chi connectivity index (χ3n) is 1.72. The first kappa shape index (κ1) is 9.42. The molecule has 2 rings (SSSR count). The van der Waals surface area contributed by atoms with Gasteiger partial charge in [0.2, 0.25) is 0 Å². The fourth-order valence-corrected chi connectivity index (χ4v) is 1.71. The lowest BCUT2D eigenvalue weighted by atomic mass is 10.4. The average Bonchev–Trinajstić information content (AvgIpc) is 2.57. The van der Waals surface area contributed by atoms with Gasteiger partial charge in [-0.1, -0.05) is 0 Å². The Balaban J connectivity index is 2.10. The van der Waals surface area contributed by atoms with Crippen molar-refractivity contribution in [1.82, 2.24) is 9.71 Å². The van der Waals surface area contributed by atoms with Crippen LogP contribution < -0.4 is 10.0 Å². The summed E-state index contributed by atoms with van der Waals surface area (Å²) in [7, 11) is 0. The highest BCUT2D eigenvalue weighted by molar-refractivity contribution is 8.10. The zero-order valence-corrected chi connectivity index (χ0v) is 8.31. The van der Waals surface area contributed by atoms with Crippen LogP contribution in [0.5, 0.6) is 0 Å². The van der Waals surface area contributed by atoms with Crippen molar-refractivity contribution in [1.29, 1.82) is 0 Å². The van der Waals surface area contributed by atoms with Crippen LogP contribution in [-0.4, -0.2) is 16.3 Å². The van der Waals surface area contributed by atoms with Crippen molar-refractivity contribution in [2.45, 2.75) is 12.7 Å². The van der Waals surface area contributed by atoms with Crippen molar-refractivity contribution < 1.29 is 4.39 Å². The molecule has 0 saturated heterocycles. The lowest BCUT2D eigenvalue weighted by Crippen LogP contribution is -2.41. The molecule has 4 nitrogen and oxygen atoms in total. The Morgan fingerprint density at radius 3 is 3.00 bits per heavy atom. The minimum Gasteiger partial charge on any atom is -0.333 e. The molecule has 0 saturated carbocycles. The first-order valence-corrected chi connectivity index (χ1v) is 4.92. The van der Waals surface area contributed by atoms with E-state index >= 15 is 0 Å². The topological polar surface area (TPSA) is 49.3 Å². The number of nitrogens with one attached hydrogen (secondary N) is 2. The Labute approximate surface area is 85.2 Å². The molecule has 6 heteroatoms. The summed E-state index contributed by atoms with van der Waals surface area (Å²) < 4.78 is 15.6. The molecule has 0 bridgehead atoms. The Kier molecular flexibility index (Phi) is 2.39. The van der Waals surface area contributed by atoms with Gasteiger partial charge >= 0.3 is 0 Å². The van der Waals surface area contributed by atoms with Gasteiger partial charge in [0.1, 0.15) is 11.6 Å². The number of aromatic nitrogens is 1. The number of nitrogens with zero attached hydrogens (tertiary/aromatic N) is 2. The van der Waals surface area contributed by atoms with Gasteiger partial charge in [0.25, 0.3) is 0 Å². The monoisotopic (exact) mass is 212 g/mol. The maximum Gasteiger partial charge on any atom is 0.192 e. The minimum absolute atomic E-state index is 0.349. The Hall–Kier alpha value is -1.14. The van der Waals surface area contributed by atoms with E-state index in [9.17, 15) is 4.39 Å². The summed E-state index contributed by atoms with van der Waals surface area (Å²) in [4.78, 5) is 8.05. The highest BCUT2D eigenvalue weighted by atomic mass is 32.2. The maximum atomic E-state index is 12.6. The number of hydrogen-bond acceptors (Lipinski definition) is 5. The molecule has 0 spiro atoms. The van der Waals surface area contributed by atoms with Crippen LogP contribution in [0, 0.1) is 5.82 Å². The van der Waals surface area contributed by atoms with Crippen molar-refractivity contribution in [2.75, 3.05) is 5.32 Å². The zero-order valence-electron chi connectivity index (χ0n) is 7.49. The fraction of sp³-hybridized carbons (Fsp3) is 0.250. The van der Waals surface area contributed by atoms with E-state index in [0.717, 1.165) is 6.20 Å². The van der Waals surface area contributed by atoms with Crippen LogP contribution >= 0.6 is 11.9 Å². The molecular weight excluding hydrogens is 203 g/mol. The van der Waals surface area contributed by atoms with Crippen molar-refractivity contribution >= 4 is 23.3 Å². The Bertz CT molecular complexity index is 353. The minimum atomic E-state index is -0.560. The lowest BCUT2D eigenvalue weighted by Gasteiger charge is -2.22. The summed E-state index contributed by atoms with van der Waals surface area (Å²) in [5, 5.41) is 3.04. The lowest BCUT2D eigenvalue weighted by molar-refractivity contribution is 0.534. The summed E-state index contributed by atoms with van der Waals surface area (Å²) >= 11 is 1.40. The second-order valence-electron chi connectivity index (χ2n) is 3.01. The molecule has 1 aliphatic rings. The second-order valence-corrected chi connectivity index (χ2v) is 3.66. The van der Waals surface area contributed by atoms with Gasteiger partial charge < -0.3 is 5.32 Å². The molecule has 1 aliphatic heterocycles. The van der Waals surface area contributed by atoms with Crippen molar-refractivity contribution in [3.63, 3.8) is 0 Å². The Morgan fingerprint density at radius 2 is 2.43 bits per heavy atom. The van der Waals surface area contributed by atoms with E-state index in [1.807, 2.05) is 6.92 Å². The summed E-state index contributed by atoms with van der Waals surface area (Å²) in [5.74, 6) is -0.325. The van der Waals surface area contributed by atoms with Crippen LogP contribution in [0.3, 0.4) is 0 Å². The third kappa shape index (κ3) is 2.02. The normalized spacial score (nSPS) is 25.3. The number of anilines is 1. The van der Waals surface area contributed by atoms with Gasteiger partial charge in [0.05, 0.1) is 11.7 Å². The molecule has 1 aromatic rings. The van der Waals surface area contributed by atoms with Gasteiger partial charge in [0.15, 0.2) is 5.79 Å². The van der Waals surface area contributed by atoms with Crippen LogP contribution in [0.4, 0.5) is 10.2 Å². The third-order valence-corrected chi connectivity index (χ3v) is 2.45. The van der Waals surface area contributed by atoms with Gasteiger partial charge in [-0.15, -0.1) is 0 Å². The molecule has 1 unspecified atom stereocenters. The van der Waals surface area contributed by atoms with Crippen LogP contribution in [0.15, 0.2) is 23.3 Å². The summed E-state index contributed by atoms with van der Waals surface area (Å²) in [5.41, 5.74) is 1.70. The number of aliphatic imine (C=N–C) groups is 1. The van der Waals surface area contributed by atoms with Gasteiger partial charge in [-0.25, -0.2) is 19.1 Å². The summed E-state index contributed by atoms with van der Waals surface area (Å²) in [6.45, 7) is 1.87. The standard InChI is InChI=1S/C8H9FN4S/c1-8(11-5-14-13-8)12-7-3-2-6(9)4-10-7/h2-5,13H,1H3,(H,10,12). The largest absolute Gasteiger partial charge is 0.333 e. The van der Waals surface area contributed by atoms with E-state index in [4.69, 9.17) is 0 Å². The summed E-state index contributed by atoms with van der Waals surface area (Å²) in [6.07, 6.45) is 1.16. The van der Waals surface area contributed by atoms with E-state index in [-0.39, 0.29) is 5.82 Å². The molecule has 0 aliphatic carbocycles. The molecule has 1 aromatic heterocycles. The predicted octanol–water partition coefficient (Wildman–Crippen LogP) is 1.59. The van der Waals surface area contributed by atoms with Gasteiger partial charge in [-0.3, -0.25) is 0 Å². The van der Waals surface area contributed by atoms with Gasteiger partial charge in [-0.2, -0.15) is 0 Å². The molecule has 0 radical (unpaired) electrons. The highest BCUT2D eigenvalue weighted by Crippen LogP contribution is 2.18. The molecular formula is C8H9FN4S. The first-order chi connectivity index (χ1) is 6.68. The van der Waals surface area contributed by atoms with E-state index in [1.54, 1.807) is 11.6 Å². The molecule has 14 heavy (non-hydrogen) atoms. The zero-order chi connectivity index (χ0) is 10.0. The van der Waals surface area contributed by atoms with Crippen molar-refractivity contribution in [2.24, 2.45) is 4.99 Å². The molecule has 2 N–H and O–H groups in total. The number of halogens is 1. The van der Waals surface area contributed by atoms with E-state index in [2.05, 4.69) is 20.0 Å². The van der Waals surface area contributed by atoms with E-state index < -0.39 is 5.79 Å². The van der Waals surface area contributed by atoms with Crippen LogP contribution in [-0.2, 0) is 0 Å². The molecule has 0 fully saturated rings. The fourth-order valence-electron chi connectivity index (χ4n) is 1.06. The average molecular weight is 212 g/mol. The second kappa shape index (κ2) is 3.55. The van der Waals surface area contributed by atoms with E-state index in [0.29, 0.717) is 5.82 Å². The molecule has 0 aromatic carbocycles. The van der Waals surface area contributed by atoms with Gasteiger partial charge in [0, 0.05) is 0 Å². The SMILES string of the molecule is CC1(Nc2ccc(F)cn2)N=CSN1. The van der Waals surface area contributed by atoms with Crippen LogP contribution in [0.1, 0.15) is 6.92 Å². The van der Waals surface area contributed by atoms with Crippen LogP contribution in [0.25, 0.3) is 0 Å². The smallest absolute Gasteiger partial charge is 0.192 e.